The molecule has 0 saturated heterocycles. The zero-order valence-electron chi connectivity index (χ0n) is 10.9. The molecule has 2 aromatic rings. The Bertz CT molecular complexity index is 642. The van der Waals surface area contributed by atoms with Crippen LogP contribution in [0.15, 0.2) is 53.0 Å². The number of nitrogens with one attached hydrogen (secondary N) is 2. The van der Waals surface area contributed by atoms with E-state index in [0.717, 1.165) is 4.47 Å². The summed E-state index contributed by atoms with van der Waals surface area (Å²) < 4.78 is 13.6. The molecule has 0 fully saturated rings. The van der Waals surface area contributed by atoms with Crippen molar-refractivity contribution in [3.63, 3.8) is 0 Å². The van der Waals surface area contributed by atoms with Gasteiger partial charge in [-0.15, -0.1) is 0 Å². The maximum atomic E-state index is 12.7. The lowest BCUT2D eigenvalue weighted by molar-refractivity contribution is -0.115. The van der Waals surface area contributed by atoms with Crippen LogP contribution in [0.4, 0.5) is 10.1 Å². The average molecular weight is 351 g/mol. The largest absolute Gasteiger partial charge is 0.343 e. The zero-order chi connectivity index (χ0) is 15.2. The van der Waals surface area contributed by atoms with Gasteiger partial charge in [0.25, 0.3) is 5.91 Å². The molecule has 0 heterocycles. The fourth-order valence-electron chi connectivity index (χ4n) is 1.60. The van der Waals surface area contributed by atoms with Crippen molar-refractivity contribution in [2.45, 2.75) is 0 Å². The maximum Gasteiger partial charge on any atom is 0.251 e. The van der Waals surface area contributed by atoms with E-state index in [1.807, 2.05) is 0 Å². The highest BCUT2D eigenvalue weighted by atomic mass is 79.9. The van der Waals surface area contributed by atoms with Crippen LogP contribution < -0.4 is 10.6 Å². The molecule has 4 nitrogen and oxygen atoms in total. The second kappa shape index (κ2) is 6.99. The fourth-order valence-corrected chi connectivity index (χ4v) is 1.87. The molecule has 0 bridgehead atoms. The van der Waals surface area contributed by atoms with Gasteiger partial charge in [-0.2, -0.15) is 0 Å². The summed E-state index contributed by atoms with van der Waals surface area (Å²) in [5, 5.41) is 5.12. The number of benzene rings is 2. The lowest BCUT2D eigenvalue weighted by Gasteiger charge is -2.07. The normalized spacial score (nSPS) is 10.0. The first kappa shape index (κ1) is 15.2. The quantitative estimate of drug-likeness (QED) is 0.890. The smallest absolute Gasteiger partial charge is 0.251 e. The predicted octanol–water partition coefficient (Wildman–Crippen LogP) is 2.96. The van der Waals surface area contributed by atoms with Crippen molar-refractivity contribution in [3.8, 4) is 0 Å². The van der Waals surface area contributed by atoms with Crippen LogP contribution in [-0.4, -0.2) is 18.4 Å². The summed E-state index contributed by atoms with van der Waals surface area (Å²) in [6.45, 7) is -0.160. The standard InChI is InChI=1S/C15H12BrFN2O2/c16-11-3-7-13(8-4-11)19-14(20)9-18-15(21)10-1-5-12(17)6-2-10/h1-8H,9H2,(H,18,21)(H,19,20). The van der Waals surface area contributed by atoms with Crippen molar-refractivity contribution >= 4 is 33.4 Å². The van der Waals surface area contributed by atoms with Crippen molar-refractivity contribution in [1.82, 2.24) is 5.32 Å². The Morgan fingerprint density at radius 1 is 1.00 bits per heavy atom. The van der Waals surface area contributed by atoms with E-state index in [4.69, 9.17) is 0 Å². The molecule has 2 amide bonds. The van der Waals surface area contributed by atoms with Crippen LogP contribution in [0, 0.1) is 5.82 Å². The van der Waals surface area contributed by atoms with E-state index >= 15 is 0 Å². The van der Waals surface area contributed by atoms with E-state index in [-0.39, 0.29) is 12.5 Å². The molecule has 6 heteroatoms. The maximum absolute atomic E-state index is 12.7. The number of halogens is 2. The Balaban J connectivity index is 1.84. The van der Waals surface area contributed by atoms with E-state index < -0.39 is 11.7 Å². The van der Waals surface area contributed by atoms with Crippen LogP contribution in [0.25, 0.3) is 0 Å². The number of carbonyl (C=O) groups excluding carboxylic acids is 2. The first-order chi connectivity index (χ1) is 10.0. The predicted molar refractivity (Wildman–Crippen MR) is 81.5 cm³/mol. The summed E-state index contributed by atoms with van der Waals surface area (Å²) >= 11 is 3.30. The van der Waals surface area contributed by atoms with Gasteiger partial charge in [0.1, 0.15) is 5.82 Å². The molecule has 2 N–H and O–H groups in total. The first-order valence-corrected chi connectivity index (χ1v) is 6.93. The molecule has 2 aromatic carbocycles. The Morgan fingerprint density at radius 2 is 1.62 bits per heavy atom. The van der Waals surface area contributed by atoms with Gasteiger partial charge in [0.05, 0.1) is 6.54 Å². The molecule has 0 aliphatic carbocycles. The molecule has 0 atom stereocenters. The van der Waals surface area contributed by atoms with Gasteiger partial charge in [-0.25, -0.2) is 4.39 Å². The van der Waals surface area contributed by atoms with Crippen molar-refractivity contribution < 1.29 is 14.0 Å². The minimum Gasteiger partial charge on any atom is -0.343 e. The lowest BCUT2D eigenvalue weighted by Crippen LogP contribution is -2.32. The fraction of sp³-hybridized carbons (Fsp3) is 0.0667. The molecule has 0 unspecified atom stereocenters. The van der Waals surface area contributed by atoms with Gasteiger partial charge < -0.3 is 10.6 Å². The van der Waals surface area contributed by atoms with Gasteiger partial charge in [-0.3, -0.25) is 9.59 Å². The second-order valence-electron chi connectivity index (χ2n) is 4.24. The Morgan fingerprint density at radius 3 is 2.24 bits per heavy atom. The van der Waals surface area contributed by atoms with Crippen LogP contribution in [0.1, 0.15) is 10.4 Å². The molecule has 21 heavy (non-hydrogen) atoms. The molecule has 0 saturated carbocycles. The summed E-state index contributed by atoms with van der Waals surface area (Å²) in [7, 11) is 0. The van der Waals surface area contributed by atoms with Crippen LogP contribution in [0.3, 0.4) is 0 Å². The third-order valence-corrected chi connectivity index (χ3v) is 3.17. The van der Waals surface area contributed by atoms with Crippen molar-refractivity contribution in [2.75, 3.05) is 11.9 Å². The van der Waals surface area contributed by atoms with Gasteiger partial charge in [-0.1, -0.05) is 15.9 Å². The van der Waals surface area contributed by atoms with Crippen LogP contribution >= 0.6 is 15.9 Å². The van der Waals surface area contributed by atoms with Crippen LogP contribution in [-0.2, 0) is 4.79 Å². The van der Waals surface area contributed by atoms with E-state index in [9.17, 15) is 14.0 Å². The monoisotopic (exact) mass is 350 g/mol. The highest BCUT2D eigenvalue weighted by molar-refractivity contribution is 9.10. The van der Waals surface area contributed by atoms with Gasteiger partial charge >= 0.3 is 0 Å². The molecule has 0 aromatic heterocycles. The Labute approximate surface area is 129 Å². The highest BCUT2D eigenvalue weighted by Gasteiger charge is 2.08. The number of rotatable bonds is 4. The van der Waals surface area contributed by atoms with E-state index in [1.165, 1.54) is 24.3 Å². The molecular formula is C15H12BrFN2O2. The molecule has 0 aliphatic heterocycles. The van der Waals surface area contributed by atoms with Crippen LogP contribution in [0.5, 0.6) is 0 Å². The SMILES string of the molecule is O=C(CNC(=O)c1ccc(F)cc1)Nc1ccc(Br)cc1. The van der Waals surface area contributed by atoms with E-state index in [2.05, 4.69) is 26.6 Å². The summed E-state index contributed by atoms with van der Waals surface area (Å²) in [6, 6.07) is 12.2. The lowest BCUT2D eigenvalue weighted by atomic mass is 10.2. The van der Waals surface area contributed by atoms with Gasteiger partial charge in [0.15, 0.2) is 0 Å². The second-order valence-corrected chi connectivity index (χ2v) is 5.16. The Kier molecular flexibility index (Phi) is 5.05. The Hall–Kier alpha value is -2.21. The molecule has 108 valence electrons. The minimum absolute atomic E-state index is 0.160. The molecule has 0 radical (unpaired) electrons. The topological polar surface area (TPSA) is 58.2 Å². The minimum atomic E-state index is -0.430. The van der Waals surface area contributed by atoms with Gasteiger partial charge in [0.2, 0.25) is 5.91 Å². The zero-order valence-corrected chi connectivity index (χ0v) is 12.5. The molecule has 2 rings (SSSR count). The van der Waals surface area contributed by atoms with Gasteiger partial charge in [-0.05, 0) is 48.5 Å². The van der Waals surface area contributed by atoms with Gasteiger partial charge in [0, 0.05) is 15.7 Å². The van der Waals surface area contributed by atoms with Crippen molar-refractivity contribution in [3.05, 3.63) is 64.4 Å². The number of carbonyl (C=O) groups is 2. The number of hydrogen-bond acceptors (Lipinski definition) is 2. The summed E-state index contributed by atoms with van der Waals surface area (Å²) in [4.78, 5) is 23.4. The third-order valence-electron chi connectivity index (χ3n) is 2.64. The summed E-state index contributed by atoms with van der Waals surface area (Å²) in [5.74, 6) is -1.19. The van der Waals surface area contributed by atoms with Crippen LogP contribution in [0.2, 0.25) is 0 Å². The van der Waals surface area contributed by atoms with E-state index in [0.29, 0.717) is 11.3 Å². The number of amides is 2. The molecular weight excluding hydrogens is 339 g/mol. The van der Waals surface area contributed by atoms with Crippen molar-refractivity contribution in [1.29, 1.82) is 0 Å². The molecule has 0 aliphatic rings. The van der Waals surface area contributed by atoms with Crippen molar-refractivity contribution in [2.24, 2.45) is 0 Å². The highest BCUT2D eigenvalue weighted by Crippen LogP contribution is 2.13. The number of anilines is 1. The number of hydrogen-bond donors (Lipinski definition) is 2. The molecule has 0 spiro atoms. The third kappa shape index (κ3) is 4.68. The summed E-state index contributed by atoms with van der Waals surface area (Å²) in [6.07, 6.45) is 0. The van der Waals surface area contributed by atoms with E-state index in [1.54, 1.807) is 24.3 Å². The average Bonchev–Trinajstić information content (AvgIpc) is 2.48. The summed E-state index contributed by atoms with van der Waals surface area (Å²) in [5.41, 5.74) is 0.937. The first-order valence-electron chi connectivity index (χ1n) is 6.14.